The molecule has 0 aromatic heterocycles. The average Bonchev–Trinajstić information content (AvgIpc) is 2.37. The third kappa shape index (κ3) is 3.51. The molecule has 0 bridgehead atoms. The van der Waals surface area contributed by atoms with Gasteiger partial charge in [-0.1, -0.05) is 6.92 Å². The maximum absolute atomic E-state index is 12.2. The number of sulfonamides is 1. The first-order chi connectivity index (χ1) is 8.85. The number of methoxy groups -OCH3 is 2. The van der Waals surface area contributed by atoms with E-state index in [2.05, 4.69) is 4.72 Å². The summed E-state index contributed by atoms with van der Waals surface area (Å²) in [6, 6.07) is 2.63. The van der Waals surface area contributed by atoms with Crippen molar-refractivity contribution in [3.63, 3.8) is 0 Å². The van der Waals surface area contributed by atoms with Crippen LogP contribution in [0.5, 0.6) is 11.5 Å². The molecule has 0 saturated heterocycles. The van der Waals surface area contributed by atoms with Crippen LogP contribution in [0, 0.1) is 0 Å². The highest BCUT2D eigenvalue weighted by Gasteiger charge is 2.23. The summed E-state index contributed by atoms with van der Waals surface area (Å²) in [5.41, 5.74) is 5.99. The second-order valence-corrected chi connectivity index (χ2v) is 5.86. The fourth-order valence-electron chi connectivity index (χ4n) is 1.51. The highest BCUT2D eigenvalue weighted by Crippen LogP contribution is 2.33. The number of anilines is 1. The third-order valence-corrected chi connectivity index (χ3v) is 4.38. The van der Waals surface area contributed by atoms with Crippen LogP contribution in [-0.4, -0.2) is 28.7 Å². The van der Waals surface area contributed by atoms with Gasteiger partial charge in [0.05, 0.1) is 19.9 Å². The van der Waals surface area contributed by atoms with Crippen LogP contribution in [0.1, 0.15) is 20.3 Å². The Morgan fingerprint density at radius 2 is 1.84 bits per heavy atom. The van der Waals surface area contributed by atoms with E-state index in [1.54, 1.807) is 6.92 Å². The van der Waals surface area contributed by atoms with E-state index in [9.17, 15) is 8.42 Å². The molecule has 3 N–H and O–H groups in total. The van der Waals surface area contributed by atoms with E-state index in [0.717, 1.165) is 0 Å². The second kappa shape index (κ2) is 6.12. The number of ether oxygens (including phenoxy) is 2. The van der Waals surface area contributed by atoms with E-state index >= 15 is 0 Å². The molecule has 6 nitrogen and oxygen atoms in total. The molecule has 0 aliphatic rings. The van der Waals surface area contributed by atoms with E-state index in [-0.39, 0.29) is 22.4 Å². The fourth-order valence-corrected chi connectivity index (χ4v) is 3.03. The van der Waals surface area contributed by atoms with Crippen LogP contribution < -0.4 is 19.9 Å². The van der Waals surface area contributed by atoms with E-state index in [1.165, 1.54) is 26.4 Å². The van der Waals surface area contributed by atoms with Gasteiger partial charge < -0.3 is 15.2 Å². The molecule has 0 heterocycles. The van der Waals surface area contributed by atoms with Crippen LogP contribution >= 0.6 is 0 Å². The van der Waals surface area contributed by atoms with Gasteiger partial charge in [-0.05, 0) is 19.4 Å². The minimum Gasteiger partial charge on any atom is -0.495 e. The van der Waals surface area contributed by atoms with Crippen molar-refractivity contribution in [1.82, 2.24) is 4.72 Å². The maximum Gasteiger partial charge on any atom is 0.244 e. The first-order valence-electron chi connectivity index (χ1n) is 5.89. The molecular formula is C12H20N2O4S. The lowest BCUT2D eigenvalue weighted by Gasteiger charge is -2.16. The van der Waals surface area contributed by atoms with Gasteiger partial charge in [0.2, 0.25) is 10.0 Å². The van der Waals surface area contributed by atoms with E-state index in [4.69, 9.17) is 15.2 Å². The molecule has 108 valence electrons. The predicted molar refractivity (Wildman–Crippen MR) is 74.0 cm³/mol. The van der Waals surface area contributed by atoms with Gasteiger partial charge in [-0.2, -0.15) is 0 Å². The monoisotopic (exact) mass is 288 g/mol. The number of rotatable bonds is 6. The summed E-state index contributed by atoms with van der Waals surface area (Å²) in [5, 5.41) is 0. The average molecular weight is 288 g/mol. The Hall–Kier alpha value is -1.47. The maximum atomic E-state index is 12.2. The van der Waals surface area contributed by atoms with E-state index < -0.39 is 10.0 Å². The van der Waals surface area contributed by atoms with Crippen molar-refractivity contribution in [2.24, 2.45) is 0 Å². The molecule has 0 radical (unpaired) electrons. The lowest BCUT2D eigenvalue weighted by atomic mass is 10.3. The van der Waals surface area contributed by atoms with Gasteiger partial charge in [-0.3, -0.25) is 0 Å². The van der Waals surface area contributed by atoms with E-state index in [0.29, 0.717) is 12.2 Å². The zero-order valence-electron chi connectivity index (χ0n) is 11.6. The smallest absolute Gasteiger partial charge is 0.244 e. The van der Waals surface area contributed by atoms with Crippen molar-refractivity contribution < 1.29 is 17.9 Å². The summed E-state index contributed by atoms with van der Waals surface area (Å²) in [6.45, 7) is 3.68. The van der Waals surface area contributed by atoms with Gasteiger partial charge in [-0.25, -0.2) is 13.1 Å². The quantitative estimate of drug-likeness (QED) is 0.771. The van der Waals surface area contributed by atoms with Crippen LogP contribution in [0.25, 0.3) is 0 Å². The highest BCUT2D eigenvalue weighted by molar-refractivity contribution is 7.89. The van der Waals surface area contributed by atoms with Crippen molar-refractivity contribution in [2.45, 2.75) is 31.2 Å². The molecule has 0 fully saturated rings. The number of nitrogens with two attached hydrogens (primary N) is 1. The molecule has 0 amide bonds. The third-order valence-electron chi connectivity index (χ3n) is 2.77. The van der Waals surface area contributed by atoms with Crippen molar-refractivity contribution in [3.05, 3.63) is 12.1 Å². The lowest BCUT2D eigenvalue weighted by molar-refractivity contribution is 0.387. The van der Waals surface area contributed by atoms with Gasteiger partial charge >= 0.3 is 0 Å². The minimum atomic E-state index is -3.67. The molecule has 0 aliphatic carbocycles. The molecule has 1 rings (SSSR count). The Labute approximate surface area is 113 Å². The Bertz CT molecular complexity index is 543. The van der Waals surface area contributed by atoms with Gasteiger partial charge in [0.15, 0.2) is 0 Å². The molecular weight excluding hydrogens is 268 g/mol. The lowest BCUT2D eigenvalue weighted by Crippen LogP contribution is -2.32. The number of hydrogen-bond acceptors (Lipinski definition) is 5. The topological polar surface area (TPSA) is 90.7 Å². The van der Waals surface area contributed by atoms with Crippen LogP contribution in [0.2, 0.25) is 0 Å². The zero-order chi connectivity index (χ0) is 14.6. The minimum absolute atomic E-state index is 0.00796. The van der Waals surface area contributed by atoms with Crippen LogP contribution in [-0.2, 0) is 10.0 Å². The molecule has 1 aromatic carbocycles. The number of hydrogen-bond donors (Lipinski definition) is 2. The highest BCUT2D eigenvalue weighted by atomic mass is 32.2. The Morgan fingerprint density at radius 3 is 2.32 bits per heavy atom. The fraction of sp³-hybridized carbons (Fsp3) is 0.500. The Balaban J connectivity index is 3.29. The van der Waals surface area contributed by atoms with Crippen LogP contribution in [0.15, 0.2) is 17.0 Å². The number of nitrogens with one attached hydrogen (secondary N) is 1. The SMILES string of the molecule is CCC(C)NS(=O)(=O)c1cc(N)c(OC)cc1OC. The zero-order valence-corrected chi connectivity index (χ0v) is 12.4. The molecule has 7 heteroatoms. The molecule has 1 aromatic rings. The van der Waals surface area contributed by atoms with Gasteiger partial charge in [0.25, 0.3) is 0 Å². The Morgan fingerprint density at radius 1 is 1.26 bits per heavy atom. The summed E-state index contributed by atoms with van der Waals surface area (Å²) >= 11 is 0. The Kier molecular flexibility index (Phi) is 5.02. The summed E-state index contributed by atoms with van der Waals surface area (Å²) in [6.07, 6.45) is 0.688. The van der Waals surface area contributed by atoms with E-state index in [1.807, 2.05) is 6.92 Å². The number of nitrogen functional groups attached to an aromatic ring is 1. The van der Waals surface area contributed by atoms with Gasteiger partial charge in [-0.15, -0.1) is 0 Å². The molecule has 0 saturated carbocycles. The summed E-state index contributed by atoms with van der Waals surface area (Å²) in [4.78, 5) is 0.00796. The first-order valence-corrected chi connectivity index (χ1v) is 7.37. The first kappa shape index (κ1) is 15.6. The molecule has 0 spiro atoms. The van der Waals surface area contributed by atoms with Crippen molar-refractivity contribution in [1.29, 1.82) is 0 Å². The largest absolute Gasteiger partial charge is 0.495 e. The van der Waals surface area contributed by atoms with Crippen LogP contribution in [0.4, 0.5) is 5.69 Å². The van der Waals surface area contributed by atoms with Crippen LogP contribution in [0.3, 0.4) is 0 Å². The second-order valence-electron chi connectivity index (χ2n) is 4.18. The normalized spacial score (nSPS) is 13.1. The van der Waals surface area contributed by atoms with Crippen molar-refractivity contribution >= 4 is 15.7 Å². The summed E-state index contributed by atoms with van der Waals surface area (Å²) in [5.74, 6) is 0.571. The summed E-state index contributed by atoms with van der Waals surface area (Å²) in [7, 11) is -0.821. The molecule has 1 atom stereocenters. The van der Waals surface area contributed by atoms with Crippen molar-refractivity contribution in [2.75, 3.05) is 20.0 Å². The van der Waals surface area contributed by atoms with Gasteiger partial charge in [0.1, 0.15) is 16.4 Å². The van der Waals surface area contributed by atoms with Crippen molar-refractivity contribution in [3.8, 4) is 11.5 Å². The number of benzene rings is 1. The predicted octanol–water partition coefficient (Wildman–Crippen LogP) is 1.36. The summed E-state index contributed by atoms with van der Waals surface area (Å²) < 4.78 is 37.2. The molecule has 1 unspecified atom stereocenters. The standard InChI is InChI=1S/C12H20N2O4S/c1-5-8(2)14-19(15,16)12-6-9(13)10(17-3)7-11(12)18-4/h6-8,14H,5,13H2,1-4H3. The molecule has 19 heavy (non-hydrogen) atoms. The molecule has 0 aliphatic heterocycles. The van der Waals surface area contributed by atoms with Gasteiger partial charge in [0, 0.05) is 12.1 Å².